The fraction of sp³-hybridized carbons (Fsp3) is 0.588. The van der Waals surface area contributed by atoms with E-state index in [9.17, 15) is 13.2 Å². The van der Waals surface area contributed by atoms with E-state index in [0.29, 0.717) is 38.4 Å². The summed E-state index contributed by atoms with van der Waals surface area (Å²) in [7, 11) is -3.51. The third-order valence-electron chi connectivity index (χ3n) is 4.04. The number of amides is 1. The lowest BCUT2D eigenvalue weighted by molar-refractivity contribution is 0.0730. The maximum absolute atomic E-state index is 12.5. The van der Waals surface area contributed by atoms with Crippen molar-refractivity contribution in [1.82, 2.24) is 9.62 Å². The number of hydrogen-bond donors (Lipinski definition) is 1. The number of unbranched alkanes of at least 4 members (excludes halogenated alkanes) is 3. The van der Waals surface area contributed by atoms with Crippen molar-refractivity contribution in [2.45, 2.75) is 37.5 Å². The molecule has 24 heavy (non-hydrogen) atoms. The Kier molecular flexibility index (Phi) is 7.20. The Bertz CT molecular complexity index is 622. The largest absolute Gasteiger partial charge is 0.379 e. The van der Waals surface area contributed by atoms with Crippen molar-refractivity contribution in [1.29, 1.82) is 0 Å². The number of benzene rings is 1. The molecule has 1 aliphatic rings. The van der Waals surface area contributed by atoms with E-state index in [1.54, 1.807) is 12.1 Å². The number of sulfonamides is 1. The summed E-state index contributed by atoms with van der Waals surface area (Å²) in [5.74, 6) is -0.165. The second-order valence-electron chi connectivity index (χ2n) is 5.86. The summed E-state index contributed by atoms with van der Waals surface area (Å²) in [6.07, 6.45) is 4.40. The van der Waals surface area contributed by atoms with Crippen molar-refractivity contribution in [3.05, 3.63) is 29.8 Å². The number of ether oxygens (including phenoxy) is 1. The average molecular weight is 354 g/mol. The van der Waals surface area contributed by atoms with Gasteiger partial charge in [0.15, 0.2) is 0 Å². The molecule has 1 heterocycles. The van der Waals surface area contributed by atoms with Crippen LogP contribution in [-0.4, -0.2) is 51.5 Å². The number of rotatable bonds is 8. The number of carbonyl (C=O) groups is 1. The predicted octanol–water partition coefficient (Wildman–Crippen LogP) is 2.02. The Labute approximate surface area is 144 Å². The Morgan fingerprint density at radius 2 is 1.79 bits per heavy atom. The SMILES string of the molecule is CCCCCCNC(=O)c1ccc(S(=O)(=O)N2CCOCC2)cc1. The van der Waals surface area contributed by atoms with Crippen LogP contribution in [0.5, 0.6) is 0 Å². The lowest BCUT2D eigenvalue weighted by Gasteiger charge is -2.26. The number of nitrogens with zero attached hydrogens (tertiary/aromatic N) is 1. The molecular formula is C17H26N2O4S. The Balaban J connectivity index is 1.93. The van der Waals surface area contributed by atoms with E-state index in [1.807, 2.05) is 0 Å². The van der Waals surface area contributed by atoms with Crippen molar-refractivity contribution in [2.75, 3.05) is 32.8 Å². The van der Waals surface area contributed by atoms with Gasteiger partial charge in [-0.1, -0.05) is 26.2 Å². The predicted molar refractivity (Wildman–Crippen MR) is 92.5 cm³/mol. The van der Waals surface area contributed by atoms with Crippen molar-refractivity contribution in [3.8, 4) is 0 Å². The van der Waals surface area contributed by atoms with Crippen LogP contribution >= 0.6 is 0 Å². The topological polar surface area (TPSA) is 75.7 Å². The fourth-order valence-corrected chi connectivity index (χ4v) is 3.98. The molecule has 1 fully saturated rings. The van der Waals surface area contributed by atoms with Crippen LogP contribution in [-0.2, 0) is 14.8 Å². The summed E-state index contributed by atoms with van der Waals surface area (Å²) >= 11 is 0. The molecule has 1 aromatic carbocycles. The van der Waals surface area contributed by atoms with Crippen molar-refractivity contribution in [2.24, 2.45) is 0 Å². The summed E-state index contributed by atoms with van der Waals surface area (Å²) < 4.78 is 31.6. The van der Waals surface area contributed by atoms with Gasteiger partial charge in [-0.05, 0) is 30.7 Å². The highest BCUT2D eigenvalue weighted by Gasteiger charge is 2.26. The summed E-state index contributed by atoms with van der Waals surface area (Å²) in [5, 5.41) is 2.86. The van der Waals surface area contributed by atoms with Gasteiger partial charge in [0.25, 0.3) is 5.91 Å². The molecule has 1 aromatic rings. The third kappa shape index (κ3) is 5.03. The quantitative estimate of drug-likeness (QED) is 0.725. The van der Waals surface area contributed by atoms with E-state index in [-0.39, 0.29) is 10.8 Å². The maximum Gasteiger partial charge on any atom is 0.251 e. The number of nitrogens with one attached hydrogen (secondary N) is 1. The van der Waals surface area contributed by atoms with Gasteiger partial charge in [-0.25, -0.2) is 8.42 Å². The molecule has 6 nitrogen and oxygen atoms in total. The minimum atomic E-state index is -3.51. The van der Waals surface area contributed by atoms with Gasteiger partial charge >= 0.3 is 0 Å². The number of hydrogen-bond acceptors (Lipinski definition) is 4. The van der Waals surface area contributed by atoms with Crippen LogP contribution < -0.4 is 5.32 Å². The van der Waals surface area contributed by atoms with Crippen molar-refractivity contribution >= 4 is 15.9 Å². The van der Waals surface area contributed by atoms with Gasteiger partial charge < -0.3 is 10.1 Å². The fourth-order valence-electron chi connectivity index (χ4n) is 2.57. The summed E-state index contributed by atoms with van der Waals surface area (Å²) in [5.41, 5.74) is 0.478. The highest BCUT2D eigenvalue weighted by atomic mass is 32.2. The average Bonchev–Trinajstić information content (AvgIpc) is 2.62. The molecule has 2 rings (SSSR count). The second kappa shape index (κ2) is 9.15. The van der Waals surface area contributed by atoms with Gasteiger partial charge in [0.2, 0.25) is 10.0 Å². The molecule has 0 atom stereocenters. The van der Waals surface area contributed by atoms with Gasteiger partial charge in [-0.3, -0.25) is 4.79 Å². The van der Waals surface area contributed by atoms with Crippen LogP contribution in [0.4, 0.5) is 0 Å². The van der Waals surface area contributed by atoms with E-state index in [1.165, 1.54) is 22.9 Å². The summed E-state index contributed by atoms with van der Waals surface area (Å²) in [6, 6.07) is 6.12. The van der Waals surface area contributed by atoms with Crippen molar-refractivity contribution in [3.63, 3.8) is 0 Å². The first-order valence-corrected chi connectivity index (χ1v) is 9.96. The van der Waals surface area contributed by atoms with Gasteiger partial charge in [0.05, 0.1) is 18.1 Å². The van der Waals surface area contributed by atoms with E-state index < -0.39 is 10.0 Å². The van der Waals surface area contributed by atoms with Crippen molar-refractivity contribution < 1.29 is 17.9 Å². The third-order valence-corrected chi connectivity index (χ3v) is 5.95. The van der Waals surface area contributed by atoms with E-state index in [0.717, 1.165) is 19.3 Å². The molecule has 1 N–H and O–H groups in total. The Hall–Kier alpha value is -1.44. The maximum atomic E-state index is 12.5. The molecule has 1 aliphatic heterocycles. The zero-order valence-corrected chi connectivity index (χ0v) is 15.0. The smallest absolute Gasteiger partial charge is 0.251 e. The molecule has 134 valence electrons. The highest BCUT2D eigenvalue weighted by molar-refractivity contribution is 7.89. The molecule has 1 saturated heterocycles. The molecule has 0 saturated carbocycles. The molecule has 0 aromatic heterocycles. The van der Waals surface area contributed by atoms with Crippen LogP contribution in [0.15, 0.2) is 29.2 Å². The molecule has 0 radical (unpaired) electrons. The van der Waals surface area contributed by atoms with E-state index in [2.05, 4.69) is 12.2 Å². The molecule has 0 unspecified atom stereocenters. The lowest BCUT2D eigenvalue weighted by Crippen LogP contribution is -2.40. The zero-order chi connectivity index (χ0) is 17.4. The monoisotopic (exact) mass is 354 g/mol. The van der Waals surface area contributed by atoms with E-state index in [4.69, 9.17) is 4.74 Å². The van der Waals surface area contributed by atoms with Gasteiger partial charge in [-0.2, -0.15) is 4.31 Å². The minimum absolute atomic E-state index is 0.165. The van der Waals surface area contributed by atoms with Crippen LogP contribution in [0.3, 0.4) is 0 Å². The molecule has 0 aliphatic carbocycles. The molecular weight excluding hydrogens is 328 g/mol. The first-order chi connectivity index (χ1) is 11.6. The first kappa shape index (κ1) is 18.9. The van der Waals surface area contributed by atoms with E-state index >= 15 is 0 Å². The van der Waals surface area contributed by atoms with Crippen LogP contribution in [0.2, 0.25) is 0 Å². The van der Waals surface area contributed by atoms with Gasteiger partial charge in [-0.15, -0.1) is 0 Å². The molecule has 7 heteroatoms. The van der Waals surface area contributed by atoms with Gasteiger partial charge in [0.1, 0.15) is 0 Å². The lowest BCUT2D eigenvalue weighted by atomic mass is 10.2. The molecule has 1 amide bonds. The molecule has 0 bridgehead atoms. The van der Waals surface area contributed by atoms with Crippen LogP contribution in [0.25, 0.3) is 0 Å². The normalized spacial score (nSPS) is 16.0. The highest BCUT2D eigenvalue weighted by Crippen LogP contribution is 2.17. The zero-order valence-electron chi connectivity index (χ0n) is 14.2. The minimum Gasteiger partial charge on any atom is -0.379 e. The number of carbonyl (C=O) groups excluding carboxylic acids is 1. The summed E-state index contributed by atoms with van der Waals surface area (Å²) in [6.45, 7) is 4.35. The molecule has 0 spiro atoms. The first-order valence-electron chi connectivity index (χ1n) is 8.52. The van der Waals surface area contributed by atoms with Gasteiger partial charge in [0, 0.05) is 25.2 Å². The van der Waals surface area contributed by atoms with Crippen LogP contribution in [0, 0.1) is 0 Å². The Morgan fingerprint density at radius 1 is 1.12 bits per heavy atom. The standard InChI is InChI=1S/C17H26N2O4S/c1-2-3-4-5-10-18-17(20)15-6-8-16(9-7-15)24(21,22)19-11-13-23-14-12-19/h6-9H,2-5,10-14H2,1H3,(H,18,20). The number of morpholine rings is 1. The Morgan fingerprint density at radius 3 is 2.42 bits per heavy atom. The second-order valence-corrected chi connectivity index (χ2v) is 7.80. The summed E-state index contributed by atoms with van der Waals surface area (Å²) in [4.78, 5) is 12.3. The van der Waals surface area contributed by atoms with Crippen LogP contribution in [0.1, 0.15) is 43.0 Å².